The van der Waals surface area contributed by atoms with Crippen LogP contribution >= 0.6 is 23.2 Å². The molecule has 1 aromatic carbocycles. The Labute approximate surface area is 185 Å². The quantitative estimate of drug-likeness (QED) is 0.551. The third-order valence-electron chi connectivity index (χ3n) is 4.87. The van der Waals surface area contributed by atoms with Gasteiger partial charge in [-0.1, -0.05) is 35.3 Å². The average Bonchev–Trinajstić information content (AvgIpc) is 3.33. The number of alkyl halides is 3. The van der Waals surface area contributed by atoms with Gasteiger partial charge in [0.1, 0.15) is 12.4 Å². The van der Waals surface area contributed by atoms with Crippen molar-refractivity contribution in [2.75, 3.05) is 5.32 Å². The van der Waals surface area contributed by atoms with Crippen molar-refractivity contribution in [3.05, 3.63) is 57.6 Å². The molecule has 0 aliphatic heterocycles. The number of rotatable bonds is 6. The largest absolute Gasteiger partial charge is 0.436 e. The van der Waals surface area contributed by atoms with Crippen LogP contribution in [0.15, 0.2) is 30.6 Å². The van der Waals surface area contributed by atoms with Gasteiger partial charge in [-0.05, 0) is 37.5 Å². The van der Waals surface area contributed by atoms with E-state index in [1.165, 1.54) is 17.9 Å². The standard InChI is InChI=1S/C19H17Cl2F3N6O/c1-10(30-15(12-5-6-12)14(21)16(27-30)19(22,23)24)17(31)26-18-25-9-29(28-18)8-11-3-2-4-13(20)7-11/h2-4,7,9-10,12H,5-6,8H2,1H3,(H,26,28,31). The van der Waals surface area contributed by atoms with Crippen molar-refractivity contribution in [2.45, 2.75) is 44.4 Å². The van der Waals surface area contributed by atoms with Gasteiger partial charge in [0.2, 0.25) is 5.95 Å². The second kappa shape index (κ2) is 8.16. The molecule has 1 N–H and O–H groups in total. The maximum absolute atomic E-state index is 13.3. The monoisotopic (exact) mass is 472 g/mol. The van der Waals surface area contributed by atoms with E-state index in [2.05, 4.69) is 20.5 Å². The van der Waals surface area contributed by atoms with Crippen molar-refractivity contribution in [1.29, 1.82) is 0 Å². The smallest absolute Gasteiger partial charge is 0.291 e. The first kappa shape index (κ1) is 21.6. The van der Waals surface area contributed by atoms with E-state index in [4.69, 9.17) is 23.2 Å². The van der Waals surface area contributed by atoms with E-state index >= 15 is 0 Å². The van der Waals surface area contributed by atoms with E-state index in [1.807, 2.05) is 6.07 Å². The van der Waals surface area contributed by atoms with Gasteiger partial charge in [0, 0.05) is 10.9 Å². The lowest BCUT2D eigenvalue weighted by Gasteiger charge is -2.14. The SMILES string of the molecule is CC(C(=O)Nc1ncn(Cc2cccc(Cl)c2)n1)n1nc(C(F)(F)F)c(Cl)c1C1CC1. The summed E-state index contributed by atoms with van der Waals surface area (Å²) in [5, 5.41) is 10.5. The van der Waals surface area contributed by atoms with Crippen LogP contribution in [-0.2, 0) is 17.5 Å². The summed E-state index contributed by atoms with van der Waals surface area (Å²) in [6, 6.07) is 6.17. The van der Waals surface area contributed by atoms with Crippen LogP contribution in [0, 0.1) is 0 Å². The second-order valence-electron chi connectivity index (χ2n) is 7.33. The molecular formula is C19H17Cl2F3N6O. The minimum absolute atomic E-state index is 0.0288. The van der Waals surface area contributed by atoms with Crippen molar-refractivity contribution in [3.8, 4) is 0 Å². The molecule has 0 radical (unpaired) electrons. The first-order valence-electron chi connectivity index (χ1n) is 9.43. The summed E-state index contributed by atoms with van der Waals surface area (Å²) < 4.78 is 42.3. The molecule has 0 saturated heterocycles. The molecule has 2 aromatic heterocycles. The number of carbonyl (C=O) groups excluding carboxylic acids is 1. The lowest BCUT2D eigenvalue weighted by atomic mass is 10.2. The molecule has 164 valence electrons. The van der Waals surface area contributed by atoms with Gasteiger partial charge in [0.15, 0.2) is 5.69 Å². The fourth-order valence-electron chi connectivity index (χ4n) is 3.20. The highest BCUT2D eigenvalue weighted by molar-refractivity contribution is 6.32. The highest BCUT2D eigenvalue weighted by Gasteiger charge is 2.43. The van der Waals surface area contributed by atoms with E-state index in [0.717, 1.165) is 10.2 Å². The molecular weight excluding hydrogens is 456 g/mol. The summed E-state index contributed by atoms with van der Waals surface area (Å²) in [6.07, 6.45) is -1.87. The molecule has 2 heterocycles. The number of anilines is 1. The van der Waals surface area contributed by atoms with Gasteiger partial charge in [0.05, 0.1) is 17.3 Å². The predicted octanol–water partition coefficient (Wildman–Crippen LogP) is 4.93. The first-order valence-corrected chi connectivity index (χ1v) is 10.2. The summed E-state index contributed by atoms with van der Waals surface area (Å²) in [7, 11) is 0. The van der Waals surface area contributed by atoms with Crippen molar-refractivity contribution in [1.82, 2.24) is 24.5 Å². The van der Waals surface area contributed by atoms with Gasteiger partial charge < -0.3 is 0 Å². The molecule has 7 nitrogen and oxygen atoms in total. The van der Waals surface area contributed by atoms with E-state index in [0.29, 0.717) is 24.4 Å². The topological polar surface area (TPSA) is 77.6 Å². The van der Waals surface area contributed by atoms with Crippen LogP contribution in [-0.4, -0.2) is 30.5 Å². The molecule has 0 bridgehead atoms. The lowest BCUT2D eigenvalue weighted by Crippen LogP contribution is -2.26. The molecule has 1 saturated carbocycles. The van der Waals surface area contributed by atoms with Crippen molar-refractivity contribution >= 4 is 35.1 Å². The summed E-state index contributed by atoms with van der Waals surface area (Å²) in [4.78, 5) is 16.7. The summed E-state index contributed by atoms with van der Waals surface area (Å²) in [5.74, 6) is -0.710. The van der Waals surface area contributed by atoms with Crippen LogP contribution in [0.5, 0.6) is 0 Å². The molecule has 1 amide bonds. The third kappa shape index (κ3) is 4.69. The second-order valence-corrected chi connectivity index (χ2v) is 8.14. The molecule has 0 spiro atoms. The lowest BCUT2D eigenvalue weighted by molar-refractivity contribution is -0.141. The summed E-state index contributed by atoms with van der Waals surface area (Å²) in [5.41, 5.74) is -0.0562. The molecule has 31 heavy (non-hydrogen) atoms. The number of nitrogens with zero attached hydrogens (tertiary/aromatic N) is 5. The molecule has 1 atom stereocenters. The summed E-state index contributed by atoms with van der Waals surface area (Å²) >= 11 is 11.9. The van der Waals surface area contributed by atoms with E-state index in [9.17, 15) is 18.0 Å². The van der Waals surface area contributed by atoms with Crippen LogP contribution < -0.4 is 5.32 Å². The maximum atomic E-state index is 13.3. The number of hydrogen-bond donors (Lipinski definition) is 1. The number of benzene rings is 1. The highest BCUT2D eigenvalue weighted by Crippen LogP contribution is 2.47. The number of nitrogens with one attached hydrogen (secondary N) is 1. The number of amides is 1. The maximum Gasteiger partial charge on any atom is 0.436 e. The van der Waals surface area contributed by atoms with Crippen molar-refractivity contribution in [3.63, 3.8) is 0 Å². The number of aromatic nitrogens is 5. The number of carbonyl (C=O) groups is 1. The Morgan fingerprint density at radius 3 is 2.68 bits per heavy atom. The van der Waals surface area contributed by atoms with Crippen LogP contribution in [0.3, 0.4) is 0 Å². The van der Waals surface area contributed by atoms with Gasteiger partial charge >= 0.3 is 6.18 Å². The first-order chi connectivity index (χ1) is 14.6. The van der Waals surface area contributed by atoms with Gasteiger partial charge in [-0.2, -0.15) is 18.3 Å². The molecule has 1 unspecified atom stereocenters. The van der Waals surface area contributed by atoms with Crippen LogP contribution in [0.25, 0.3) is 0 Å². The van der Waals surface area contributed by atoms with E-state index in [-0.39, 0.29) is 17.6 Å². The predicted molar refractivity (Wildman–Crippen MR) is 108 cm³/mol. The Kier molecular flexibility index (Phi) is 5.69. The van der Waals surface area contributed by atoms with Crippen LogP contribution in [0.4, 0.5) is 19.1 Å². The molecule has 4 rings (SSSR count). The third-order valence-corrected chi connectivity index (χ3v) is 5.48. The minimum atomic E-state index is -4.71. The highest BCUT2D eigenvalue weighted by atomic mass is 35.5. The molecule has 1 aliphatic rings. The fourth-order valence-corrected chi connectivity index (χ4v) is 3.80. The summed E-state index contributed by atoms with van der Waals surface area (Å²) in [6.45, 7) is 1.84. The van der Waals surface area contributed by atoms with E-state index < -0.39 is 28.8 Å². The normalized spacial score (nSPS) is 15.2. The van der Waals surface area contributed by atoms with Gasteiger partial charge in [-0.25, -0.2) is 9.67 Å². The zero-order valence-corrected chi connectivity index (χ0v) is 17.7. The number of hydrogen-bond acceptors (Lipinski definition) is 4. The van der Waals surface area contributed by atoms with Crippen LogP contribution in [0.1, 0.15) is 48.7 Å². The Hall–Kier alpha value is -2.59. The molecule has 3 aromatic rings. The zero-order valence-electron chi connectivity index (χ0n) is 16.2. The molecule has 1 fully saturated rings. The zero-order chi connectivity index (χ0) is 22.3. The van der Waals surface area contributed by atoms with E-state index in [1.54, 1.807) is 18.2 Å². The Morgan fingerprint density at radius 1 is 1.29 bits per heavy atom. The minimum Gasteiger partial charge on any atom is -0.291 e. The van der Waals surface area contributed by atoms with Gasteiger partial charge in [-0.15, -0.1) is 5.10 Å². The van der Waals surface area contributed by atoms with Crippen LogP contribution in [0.2, 0.25) is 10.0 Å². The van der Waals surface area contributed by atoms with Gasteiger partial charge in [0.25, 0.3) is 5.91 Å². The Bertz CT molecular complexity index is 1120. The van der Waals surface area contributed by atoms with Crippen molar-refractivity contribution in [2.24, 2.45) is 0 Å². The molecule has 1 aliphatic carbocycles. The van der Waals surface area contributed by atoms with Gasteiger partial charge in [-0.3, -0.25) is 14.8 Å². The Balaban J connectivity index is 1.50. The average molecular weight is 473 g/mol. The fraction of sp³-hybridized carbons (Fsp3) is 0.368. The molecule has 12 heteroatoms. The number of halogens is 5. The Morgan fingerprint density at radius 2 is 2.03 bits per heavy atom. The van der Waals surface area contributed by atoms with Crippen molar-refractivity contribution < 1.29 is 18.0 Å².